The number of nitrogens with zero attached hydrogens (tertiary/aromatic N) is 3. The third-order valence-corrected chi connectivity index (χ3v) is 6.21. The molecule has 0 bridgehead atoms. The fraction of sp³-hybridized carbons (Fsp3) is 0.176. The van der Waals surface area contributed by atoms with E-state index >= 15 is 4.39 Å². The normalized spacial score (nSPS) is 12.0. The lowest BCUT2D eigenvalue weighted by molar-refractivity contribution is 0.103. The van der Waals surface area contributed by atoms with Crippen molar-refractivity contribution >= 4 is 44.3 Å². The number of pyridine rings is 1. The summed E-state index contributed by atoms with van der Waals surface area (Å²) in [7, 11) is -0.404. The number of halogens is 3. The second kappa shape index (κ2) is 7.12. The van der Waals surface area contributed by atoms with Gasteiger partial charge in [-0.15, -0.1) is 0 Å². The Labute approximate surface area is 164 Å². The number of H-pyrrole nitrogens is 1. The average Bonchev–Trinajstić information content (AvgIpc) is 3.04. The first-order chi connectivity index (χ1) is 13.1. The molecule has 0 atom stereocenters. The minimum Gasteiger partial charge on any atom is -0.345 e. The minimum atomic E-state index is -4.04. The van der Waals surface area contributed by atoms with Crippen LogP contribution in [-0.4, -0.2) is 49.6 Å². The molecule has 0 amide bonds. The van der Waals surface area contributed by atoms with Gasteiger partial charge in [-0.2, -0.15) is 12.7 Å². The average molecular weight is 429 g/mol. The van der Waals surface area contributed by atoms with Crippen molar-refractivity contribution in [1.82, 2.24) is 14.3 Å². The summed E-state index contributed by atoms with van der Waals surface area (Å²) < 4.78 is 55.5. The Balaban J connectivity index is 2.17. The van der Waals surface area contributed by atoms with E-state index < -0.39 is 38.9 Å². The van der Waals surface area contributed by atoms with Gasteiger partial charge in [-0.25, -0.2) is 13.8 Å². The van der Waals surface area contributed by atoms with Crippen molar-refractivity contribution in [2.75, 3.05) is 25.4 Å². The van der Waals surface area contributed by atoms with Crippen molar-refractivity contribution in [2.24, 2.45) is 0 Å². The van der Waals surface area contributed by atoms with Crippen molar-refractivity contribution in [3.05, 3.63) is 58.4 Å². The molecule has 2 aromatic heterocycles. The van der Waals surface area contributed by atoms with E-state index in [-0.39, 0.29) is 16.0 Å². The zero-order chi connectivity index (χ0) is 20.8. The monoisotopic (exact) mass is 428 g/mol. The van der Waals surface area contributed by atoms with E-state index in [4.69, 9.17) is 11.6 Å². The van der Waals surface area contributed by atoms with Crippen LogP contribution in [0, 0.1) is 11.6 Å². The highest BCUT2D eigenvalue weighted by Crippen LogP contribution is 2.30. The minimum absolute atomic E-state index is 0.0435. The number of rotatable bonds is 5. The fourth-order valence-corrected chi connectivity index (χ4v) is 3.70. The van der Waals surface area contributed by atoms with E-state index in [2.05, 4.69) is 9.97 Å². The molecule has 0 saturated carbocycles. The predicted octanol–water partition coefficient (Wildman–Crippen LogP) is 2.97. The third kappa shape index (κ3) is 3.23. The summed E-state index contributed by atoms with van der Waals surface area (Å²) in [6.07, 6.45) is 2.62. The van der Waals surface area contributed by atoms with Gasteiger partial charge in [0.05, 0.1) is 16.3 Å². The quantitative estimate of drug-likeness (QED) is 0.633. The molecule has 0 unspecified atom stereocenters. The second-order valence-electron chi connectivity index (χ2n) is 6.09. The van der Waals surface area contributed by atoms with Crippen LogP contribution in [0.15, 0.2) is 30.6 Å². The first-order valence-corrected chi connectivity index (χ1v) is 9.65. The van der Waals surface area contributed by atoms with E-state index in [1.807, 2.05) is 0 Å². The molecular formula is C17H15ClF2N4O3S. The number of carbonyl (C=O) groups excluding carboxylic acids is 1. The van der Waals surface area contributed by atoms with Crippen LogP contribution in [-0.2, 0) is 10.2 Å². The number of aromatic amines is 1. The number of carbonyl (C=O) groups is 1. The molecule has 3 rings (SSSR count). The molecule has 1 aromatic carbocycles. The van der Waals surface area contributed by atoms with Crippen molar-refractivity contribution in [2.45, 2.75) is 0 Å². The van der Waals surface area contributed by atoms with E-state index in [1.165, 1.54) is 32.6 Å². The van der Waals surface area contributed by atoms with Crippen molar-refractivity contribution in [1.29, 1.82) is 0 Å². The molecule has 0 aliphatic carbocycles. The van der Waals surface area contributed by atoms with Crippen molar-refractivity contribution < 1.29 is 22.0 Å². The molecule has 0 spiro atoms. The maximum atomic E-state index is 15.1. The number of fused-ring (bicyclic) bond motifs is 1. The number of benzene rings is 1. The molecule has 28 heavy (non-hydrogen) atoms. The summed E-state index contributed by atoms with van der Waals surface area (Å²) >= 11 is 5.89. The standard InChI is InChI=1S/C17H15ClF2N4O3S/c1-23(2)28(26,27)24(3)13-5-4-12(19)14(15(13)20)16(25)11-8-22-17-10(11)6-9(18)7-21-17/h4-8H,1-3H3,(H,21,22). The second-order valence-corrected chi connectivity index (χ2v) is 8.70. The lowest BCUT2D eigenvalue weighted by atomic mass is 10.0. The van der Waals surface area contributed by atoms with Crippen LogP contribution in [0.2, 0.25) is 5.02 Å². The summed E-state index contributed by atoms with van der Waals surface area (Å²) in [5.41, 5.74) is -1.07. The van der Waals surface area contributed by atoms with Gasteiger partial charge in [0.2, 0.25) is 5.78 Å². The van der Waals surface area contributed by atoms with Gasteiger partial charge in [-0.05, 0) is 18.2 Å². The summed E-state index contributed by atoms with van der Waals surface area (Å²) in [5.74, 6) is -3.38. The van der Waals surface area contributed by atoms with Gasteiger partial charge in [-0.1, -0.05) is 11.6 Å². The number of hydrogen-bond donors (Lipinski definition) is 1. The van der Waals surface area contributed by atoms with Crippen LogP contribution >= 0.6 is 11.6 Å². The van der Waals surface area contributed by atoms with Crippen LogP contribution < -0.4 is 4.31 Å². The Hall–Kier alpha value is -2.56. The third-order valence-electron chi connectivity index (χ3n) is 4.19. The number of ketones is 1. The van der Waals surface area contributed by atoms with Gasteiger partial charge < -0.3 is 4.98 Å². The first kappa shape index (κ1) is 20.2. The van der Waals surface area contributed by atoms with Gasteiger partial charge in [0, 0.05) is 44.5 Å². The molecule has 0 aliphatic rings. The van der Waals surface area contributed by atoms with Crippen molar-refractivity contribution in [3.8, 4) is 0 Å². The molecule has 148 valence electrons. The Morgan fingerprint density at radius 2 is 1.89 bits per heavy atom. The van der Waals surface area contributed by atoms with Crippen LogP contribution in [0.5, 0.6) is 0 Å². The highest BCUT2D eigenvalue weighted by molar-refractivity contribution is 7.90. The lowest BCUT2D eigenvalue weighted by Crippen LogP contribution is -2.38. The highest BCUT2D eigenvalue weighted by atomic mass is 35.5. The number of anilines is 1. The topological polar surface area (TPSA) is 86.4 Å². The number of nitrogens with one attached hydrogen (secondary N) is 1. The summed E-state index contributed by atoms with van der Waals surface area (Å²) in [4.78, 5) is 19.6. The maximum absolute atomic E-state index is 15.1. The molecule has 11 heteroatoms. The first-order valence-electron chi connectivity index (χ1n) is 7.87. The molecule has 2 heterocycles. The summed E-state index contributed by atoms with van der Waals surface area (Å²) in [6.45, 7) is 0. The van der Waals surface area contributed by atoms with Gasteiger partial charge in [-0.3, -0.25) is 9.10 Å². The molecule has 0 fully saturated rings. The van der Waals surface area contributed by atoms with Crippen LogP contribution in [0.1, 0.15) is 15.9 Å². The largest absolute Gasteiger partial charge is 0.345 e. The zero-order valence-electron chi connectivity index (χ0n) is 15.0. The molecule has 1 N–H and O–H groups in total. The van der Waals surface area contributed by atoms with E-state index in [9.17, 15) is 17.6 Å². The SMILES string of the molecule is CN(C)S(=O)(=O)N(C)c1ccc(F)c(C(=O)c2c[nH]c3ncc(Cl)cc23)c1F. The van der Waals surface area contributed by atoms with Crippen molar-refractivity contribution in [3.63, 3.8) is 0 Å². The van der Waals surface area contributed by atoms with Crippen LogP contribution in [0.25, 0.3) is 11.0 Å². The molecule has 0 saturated heterocycles. The van der Waals surface area contributed by atoms with E-state index in [0.29, 0.717) is 9.95 Å². The van der Waals surface area contributed by atoms with Crippen LogP contribution in [0.3, 0.4) is 0 Å². The Morgan fingerprint density at radius 3 is 2.54 bits per heavy atom. The lowest BCUT2D eigenvalue weighted by Gasteiger charge is -2.24. The maximum Gasteiger partial charge on any atom is 0.303 e. The molecule has 0 aliphatic heterocycles. The number of aromatic nitrogens is 2. The molecule has 0 radical (unpaired) electrons. The summed E-state index contributed by atoms with van der Waals surface area (Å²) in [6, 6.07) is 3.24. The summed E-state index contributed by atoms with van der Waals surface area (Å²) in [5, 5.41) is 0.531. The number of hydrogen-bond acceptors (Lipinski definition) is 4. The smallest absolute Gasteiger partial charge is 0.303 e. The molecule has 3 aromatic rings. The predicted molar refractivity (Wildman–Crippen MR) is 102 cm³/mol. The zero-order valence-corrected chi connectivity index (χ0v) is 16.6. The Kier molecular flexibility index (Phi) is 5.13. The molecule has 7 nitrogen and oxygen atoms in total. The van der Waals surface area contributed by atoms with Crippen LogP contribution in [0.4, 0.5) is 14.5 Å². The van der Waals surface area contributed by atoms with Gasteiger partial charge in [0.25, 0.3) is 0 Å². The van der Waals surface area contributed by atoms with Gasteiger partial charge in [0.15, 0.2) is 5.82 Å². The fourth-order valence-electron chi connectivity index (χ4n) is 2.66. The van der Waals surface area contributed by atoms with Gasteiger partial charge in [0.1, 0.15) is 11.5 Å². The van der Waals surface area contributed by atoms with Gasteiger partial charge >= 0.3 is 10.2 Å². The van der Waals surface area contributed by atoms with E-state index in [0.717, 1.165) is 23.5 Å². The highest BCUT2D eigenvalue weighted by Gasteiger charge is 2.29. The molecular weight excluding hydrogens is 414 g/mol. The van der Waals surface area contributed by atoms with E-state index in [1.54, 1.807) is 0 Å². The Bertz CT molecular complexity index is 1190. The Morgan fingerprint density at radius 1 is 1.21 bits per heavy atom.